The number of aliphatic hydroxyl groups excluding tert-OH is 1. The average Bonchev–Trinajstić information content (AvgIpc) is 2.35. The molecule has 1 rings (SSSR count). The highest BCUT2D eigenvalue weighted by molar-refractivity contribution is 5.00. The summed E-state index contributed by atoms with van der Waals surface area (Å²) in [6.45, 7) is 4.85. The van der Waals surface area contributed by atoms with Crippen LogP contribution in [0.1, 0.15) is 65.2 Å². The van der Waals surface area contributed by atoms with E-state index in [1.165, 1.54) is 51.4 Å². The summed E-state index contributed by atoms with van der Waals surface area (Å²) in [6.07, 6.45) is 14.8. The average molecular weight is 224 g/mol. The van der Waals surface area contributed by atoms with Gasteiger partial charge in [-0.25, -0.2) is 0 Å². The summed E-state index contributed by atoms with van der Waals surface area (Å²) in [7, 11) is 0. The Kier molecular flexibility index (Phi) is 6.12. The van der Waals surface area contributed by atoms with Crippen molar-refractivity contribution in [3.05, 3.63) is 12.2 Å². The normalized spacial score (nSPS) is 24.3. The van der Waals surface area contributed by atoms with Gasteiger partial charge in [0.1, 0.15) is 0 Å². The van der Waals surface area contributed by atoms with E-state index >= 15 is 0 Å². The van der Waals surface area contributed by atoms with Crippen molar-refractivity contribution in [3.63, 3.8) is 0 Å². The van der Waals surface area contributed by atoms with Crippen LogP contribution in [0.25, 0.3) is 0 Å². The predicted octanol–water partition coefficient (Wildman–Crippen LogP) is 4.31. The van der Waals surface area contributed by atoms with Gasteiger partial charge in [-0.15, -0.1) is 0 Å². The van der Waals surface area contributed by atoms with E-state index in [0.717, 1.165) is 0 Å². The summed E-state index contributed by atoms with van der Waals surface area (Å²) in [5.74, 6) is 0.605. The van der Waals surface area contributed by atoms with E-state index in [4.69, 9.17) is 0 Å². The lowest BCUT2D eigenvalue weighted by Gasteiger charge is -2.36. The van der Waals surface area contributed by atoms with Crippen molar-refractivity contribution < 1.29 is 5.11 Å². The molecule has 2 atom stereocenters. The molecule has 0 bridgehead atoms. The molecule has 0 aromatic heterocycles. The van der Waals surface area contributed by atoms with E-state index in [1.54, 1.807) is 0 Å². The Morgan fingerprint density at radius 2 is 2.12 bits per heavy atom. The molecule has 0 unspecified atom stereocenters. The van der Waals surface area contributed by atoms with Gasteiger partial charge in [-0.2, -0.15) is 0 Å². The van der Waals surface area contributed by atoms with Crippen molar-refractivity contribution in [2.75, 3.05) is 6.61 Å². The number of hydrogen-bond donors (Lipinski definition) is 1. The van der Waals surface area contributed by atoms with E-state index in [2.05, 4.69) is 26.0 Å². The summed E-state index contributed by atoms with van der Waals surface area (Å²) >= 11 is 0. The Morgan fingerprint density at radius 3 is 2.69 bits per heavy atom. The fourth-order valence-electron chi connectivity index (χ4n) is 2.73. The van der Waals surface area contributed by atoms with Gasteiger partial charge in [0.25, 0.3) is 0 Å². The first-order valence-corrected chi connectivity index (χ1v) is 7.00. The molecule has 0 radical (unpaired) electrons. The minimum absolute atomic E-state index is 0.130. The molecule has 1 N–H and O–H groups in total. The topological polar surface area (TPSA) is 20.2 Å². The molecule has 0 heterocycles. The third-order valence-corrected chi connectivity index (χ3v) is 4.11. The Labute approximate surface area is 101 Å². The Balaban J connectivity index is 2.41. The first kappa shape index (κ1) is 13.8. The largest absolute Gasteiger partial charge is 0.396 e. The number of aliphatic hydroxyl groups is 1. The molecule has 1 nitrogen and oxygen atoms in total. The van der Waals surface area contributed by atoms with Gasteiger partial charge in [0.15, 0.2) is 0 Å². The van der Waals surface area contributed by atoms with Crippen LogP contribution < -0.4 is 0 Å². The molecular formula is C15H28O. The molecule has 0 saturated heterocycles. The van der Waals surface area contributed by atoms with Crippen LogP contribution in [-0.2, 0) is 0 Å². The van der Waals surface area contributed by atoms with Crippen LogP contribution >= 0.6 is 0 Å². The highest BCUT2D eigenvalue weighted by Crippen LogP contribution is 2.38. The van der Waals surface area contributed by atoms with Crippen LogP contribution in [0.15, 0.2) is 12.2 Å². The summed E-state index contributed by atoms with van der Waals surface area (Å²) in [6, 6.07) is 0. The van der Waals surface area contributed by atoms with Gasteiger partial charge in [-0.1, -0.05) is 51.7 Å². The van der Waals surface area contributed by atoms with Crippen molar-refractivity contribution in [2.24, 2.45) is 11.3 Å². The van der Waals surface area contributed by atoms with E-state index in [9.17, 15) is 5.11 Å². The molecule has 0 fully saturated rings. The van der Waals surface area contributed by atoms with Crippen LogP contribution in [0.4, 0.5) is 0 Å². The molecule has 1 aliphatic carbocycles. The summed E-state index contributed by atoms with van der Waals surface area (Å²) < 4.78 is 0. The number of allylic oxidation sites excluding steroid dienone is 2. The molecule has 0 aromatic carbocycles. The van der Waals surface area contributed by atoms with Gasteiger partial charge < -0.3 is 5.11 Å². The zero-order valence-electron chi connectivity index (χ0n) is 11.0. The summed E-state index contributed by atoms with van der Waals surface area (Å²) in [5.41, 5.74) is 0.130. The van der Waals surface area contributed by atoms with E-state index in [1.807, 2.05) is 0 Å². The number of hydrogen-bond acceptors (Lipinski definition) is 1. The maximum absolute atomic E-state index is 9.66. The van der Waals surface area contributed by atoms with Crippen molar-refractivity contribution in [1.29, 1.82) is 0 Å². The summed E-state index contributed by atoms with van der Waals surface area (Å²) in [5, 5.41) is 9.66. The lowest BCUT2D eigenvalue weighted by Crippen LogP contribution is -2.31. The molecule has 1 aliphatic rings. The van der Waals surface area contributed by atoms with Crippen LogP contribution in [0.5, 0.6) is 0 Å². The minimum atomic E-state index is 0.130. The van der Waals surface area contributed by atoms with Crippen molar-refractivity contribution in [1.82, 2.24) is 0 Å². The van der Waals surface area contributed by atoms with E-state index in [0.29, 0.717) is 12.5 Å². The van der Waals surface area contributed by atoms with E-state index < -0.39 is 0 Å². The monoisotopic (exact) mass is 224 g/mol. The molecule has 0 saturated carbocycles. The Morgan fingerprint density at radius 1 is 1.31 bits per heavy atom. The third kappa shape index (κ3) is 3.93. The zero-order valence-corrected chi connectivity index (χ0v) is 11.0. The van der Waals surface area contributed by atoms with Gasteiger partial charge in [-0.05, 0) is 37.0 Å². The molecule has 0 aliphatic heterocycles. The van der Waals surface area contributed by atoms with Crippen LogP contribution in [0.2, 0.25) is 0 Å². The molecule has 0 spiro atoms. The lowest BCUT2D eigenvalue weighted by atomic mass is 9.70. The van der Waals surface area contributed by atoms with Gasteiger partial charge in [0.05, 0.1) is 0 Å². The molecule has 94 valence electrons. The first-order chi connectivity index (χ1) is 7.73. The predicted molar refractivity (Wildman–Crippen MR) is 70.4 cm³/mol. The fraction of sp³-hybridized carbons (Fsp3) is 0.867. The molecule has 0 aromatic rings. The second-order valence-electron chi connectivity index (χ2n) is 5.59. The van der Waals surface area contributed by atoms with Crippen LogP contribution in [0, 0.1) is 11.3 Å². The Hall–Kier alpha value is -0.300. The second-order valence-corrected chi connectivity index (χ2v) is 5.59. The molecular weight excluding hydrogens is 196 g/mol. The Bertz CT molecular complexity index is 209. The standard InChI is InChI=1S/C15H28O/c1-3-4-5-9-12-15(2,13-16)14-10-7-6-8-11-14/h7,10,14,16H,3-6,8-9,11-13H2,1-2H3/t14-,15-/m0/s1. The summed E-state index contributed by atoms with van der Waals surface area (Å²) in [4.78, 5) is 0. The van der Waals surface area contributed by atoms with Crippen LogP contribution in [0.3, 0.4) is 0 Å². The molecule has 16 heavy (non-hydrogen) atoms. The fourth-order valence-corrected chi connectivity index (χ4v) is 2.73. The maximum atomic E-state index is 9.66. The second kappa shape index (κ2) is 7.11. The SMILES string of the molecule is CCCCCC[C@@](C)(CO)[C@H]1C=CCCC1. The lowest BCUT2D eigenvalue weighted by molar-refractivity contribution is 0.0801. The van der Waals surface area contributed by atoms with Gasteiger partial charge >= 0.3 is 0 Å². The van der Waals surface area contributed by atoms with Crippen molar-refractivity contribution >= 4 is 0 Å². The van der Waals surface area contributed by atoms with Gasteiger partial charge in [-0.3, -0.25) is 0 Å². The third-order valence-electron chi connectivity index (χ3n) is 4.11. The van der Waals surface area contributed by atoms with Gasteiger partial charge in [0, 0.05) is 6.61 Å². The minimum Gasteiger partial charge on any atom is -0.396 e. The molecule has 0 amide bonds. The van der Waals surface area contributed by atoms with Crippen LogP contribution in [-0.4, -0.2) is 11.7 Å². The number of unbranched alkanes of at least 4 members (excludes halogenated alkanes) is 3. The number of rotatable bonds is 7. The van der Waals surface area contributed by atoms with Crippen molar-refractivity contribution in [3.8, 4) is 0 Å². The van der Waals surface area contributed by atoms with Gasteiger partial charge in [0.2, 0.25) is 0 Å². The van der Waals surface area contributed by atoms with E-state index in [-0.39, 0.29) is 5.41 Å². The molecule has 1 heteroatoms. The smallest absolute Gasteiger partial charge is 0.0490 e. The maximum Gasteiger partial charge on any atom is 0.0490 e. The quantitative estimate of drug-likeness (QED) is 0.504. The zero-order chi connectivity index (χ0) is 11.9. The first-order valence-electron chi connectivity index (χ1n) is 7.00. The highest BCUT2D eigenvalue weighted by Gasteiger charge is 2.31. The van der Waals surface area contributed by atoms with Crippen molar-refractivity contribution in [2.45, 2.75) is 65.2 Å². The highest BCUT2D eigenvalue weighted by atomic mass is 16.3.